The van der Waals surface area contributed by atoms with Crippen molar-refractivity contribution in [2.24, 2.45) is 10.2 Å². The van der Waals surface area contributed by atoms with Crippen molar-refractivity contribution >= 4 is 33.7 Å². The first kappa shape index (κ1) is 20.6. The molecule has 8 nitrogen and oxygen atoms in total. The number of benzene rings is 2. The van der Waals surface area contributed by atoms with Gasteiger partial charge in [-0.2, -0.15) is 5.10 Å². The molecule has 0 bridgehead atoms. The van der Waals surface area contributed by atoms with Crippen LogP contribution in [0.15, 0.2) is 75.1 Å². The van der Waals surface area contributed by atoms with Gasteiger partial charge in [0.05, 0.1) is 11.1 Å². The molecule has 10 heteroatoms. The van der Waals surface area contributed by atoms with Crippen molar-refractivity contribution < 1.29 is 22.4 Å². The summed E-state index contributed by atoms with van der Waals surface area (Å²) in [5, 5.41) is 9.45. The first-order valence-electron chi connectivity index (χ1n) is 8.24. The van der Waals surface area contributed by atoms with Gasteiger partial charge in [-0.1, -0.05) is 11.6 Å². The molecule has 0 atom stereocenters. The fraction of sp³-hybridized carbons (Fsp3) is 0.0526. The molecular weight excluding hydrogens is 418 g/mol. The van der Waals surface area contributed by atoms with Crippen LogP contribution in [-0.4, -0.2) is 27.1 Å². The van der Waals surface area contributed by atoms with Crippen LogP contribution in [0.2, 0.25) is 5.02 Å². The summed E-state index contributed by atoms with van der Waals surface area (Å²) in [6, 6.07) is 15.9. The van der Waals surface area contributed by atoms with Crippen LogP contribution >= 0.6 is 11.6 Å². The lowest BCUT2D eigenvalue weighted by atomic mass is 10.2. The number of hydrogen-bond donors (Lipinski definition) is 2. The Labute approximate surface area is 172 Å². The third-order valence-electron chi connectivity index (χ3n) is 3.66. The lowest BCUT2D eigenvalue weighted by Crippen LogP contribution is -2.24. The van der Waals surface area contributed by atoms with E-state index in [2.05, 4.69) is 10.5 Å². The highest BCUT2D eigenvalue weighted by molar-refractivity contribution is 7.89. The molecule has 0 aliphatic rings. The Morgan fingerprint density at radius 2 is 1.79 bits per heavy atom. The minimum Gasteiger partial charge on any atom is -0.484 e. The van der Waals surface area contributed by atoms with Crippen molar-refractivity contribution in [2.45, 2.75) is 4.90 Å². The van der Waals surface area contributed by atoms with Gasteiger partial charge < -0.3 is 9.15 Å². The van der Waals surface area contributed by atoms with Crippen molar-refractivity contribution in [3.8, 4) is 17.1 Å². The van der Waals surface area contributed by atoms with E-state index in [1.807, 2.05) is 0 Å². The summed E-state index contributed by atoms with van der Waals surface area (Å²) in [7, 11) is -3.75. The van der Waals surface area contributed by atoms with E-state index >= 15 is 0 Å². The summed E-state index contributed by atoms with van der Waals surface area (Å²) in [6.45, 7) is -0.210. The number of hydrazone groups is 1. The number of amides is 1. The first-order valence-corrected chi connectivity index (χ1v) is 10.2. The highest BCUT2D eigenvalue weighted by atomic mass is 35.5. The van der Waals surface area contributed by atoms with Gasteiger partial charge in [-0.15, -0.1) is 0 Å². The lowest BCUT2D eigenvalue weighted by Gasteiger charge is -2.04. The fourth-order valence-corrected chi connectivity index (χ4v) is 2.91. The monoisotopic (exact) mass is 433 g/mol. The molecule has 0 fully saturated rings. The molecule has 0 saturated carbocycles. The van der Waals surface area contributed by atoms with Crippen molar-refractivity contribution in [2.75, 3.05) is 6.61 Å². The van der Waals surface area contributed by atoms with Crippen LogP contribution in [0.25, 0.3) is 11.3 Å². The average molecular weight is 434 g/mol. The number of nitrogens with two attached hydrogens (primary N) is 1. The predicted molar refractivity (Wildman–Crippen MR) is 108 cm³/mol. The number of carbonyl (C=O) groups excluding carboxylic acids is 1. The number of rotatable bonds is 7. The Balaban J connectivity index is 1.53. The quantitative estimate of drug-likeness (QED) is 0.438. The zero-order valence-corrected chi connectivity index (χ0v) is 16.5. The molecule has 0 saturated heterocycles. The molecule has 0 aliphatic carbocycles. The number of carbonyl (C=O) groups is 1. The van der Waals surface area contributed by atoms with Crippen molar-refractivity contribution in [1.82, 2.24) is 5.43 Å². The molecule has 150 valence electrons. The number of ether oxygens (including phenoxy) is 1. The lowest BCUT2D eigenvalue weighted by molar-refractivity contribution is -0.123. The highest BCUT2D eigenvalue weighted by Gasteiger charge is 2.09. The van der Waals surface area contributed by atoms with E-state index < -0.39 is 15.9 Å². The SMILES string of the molecule is NS(=O)(=O)c1ccc(-c2ccc(/C=N\NC(=O)COc3ccc(Cl)cc3)o2)cc1. The minimum absolute atomic E-state index is 0.0122. The number of furan rings is 1. The third kappa shape index (κ3) is 5.92. The molecule has 2 aromatic carbocycles. The number of nitrogens with zero attached hydrogens (tertiary/aromatic N) is 1. The van der Waals surface area contributed by atoms with Gasteiger partial charge in [0.1, 0.15) is 17.3 Å². The molecular formula is C19H16ClN3O5S. The van der Waals surface area contributed by atoms with Crippen LogP contribution in [0.4, 0.5) is 0 Å². The van der Waals surface area contributed by atoms with Crippen LogP contribution in [-0.2, 0) is 14.8 Å². The second kappa shape index (κ2) is 8.91. The van der Waals surface area contributed by atoms with Crippen LogP contribution in [0.3, 0.4) is 0 Å². The van der Waals surface area contributed by atoms with Gasteiger partial charge in [0.15, 0.2) is 6.61 Å². The maximum absolute atomic E-state index is 11.7. The van der Waals surface area contributed by atoms with Gasteiger partial charge in [-0.3, -0.25) is 4.79 Å². The van der Waals surface area contributed by atoms with Gasteiger partial charge in [-0.25, -0.2) is 19.0 Å². The Kier molecular flexibility index (Phi) is 6.32. The van der Waals surface area contributed by atoms with Crippen molar-refractivity contribution in [3.63, 3.8) is 0 Å². The summed E-state index contributed by atoms with van der Waals surface area (Å²) in [5.41, 5.74) is 2.99. The number of primary sulfonamides is 1. The molecule has 3 rings (SSSR count). The van der Waals surface area contributed by atoms with Crippen molar-refractivity contribution in [1.29, 1.82) is 0 Å². The van der Waals surface area contributed by atoms with E-state index in [9.17, 15) is 13.2 Å². The average Bonchev–Trinajstić information content (AvgIpc) is 3.16. The van der Waals surface area contributed by atoms with Gasteiger partial charge in [0.25, 0.3) is 5.91 Å². The zero-order chi connectivity index (χ0) is 20.9. The molecule has 29 heavy (non-hydrogen) atoms. The van der Waals surface area contributed by atoms with E-state index in [-0.39, 0.29) is 11.5 Å². The minimum atomic E-state index is -3.75. The molecule has 0 aliphatic heterocycles. The molecule has 0 radical (unpaired) electrons. The Morgan fingerprint density at radius 3 is 2.45 bits per heavy atom. The Bertz CT molecular complexity index is 1120. The normalized spacial score (nSPS) is 11.5. The van der Waals surface area contributed by atoms with Crippen LogP contribution in [0.5, 0.6) is 5.75 Å². The predicted octanol–water partition coefficient (Wildman–Crippen LogP) is 2.78. The summed E-state index contributed by atoms with van der Waals surface area (Å²) in [5.74, 6) is 0.971. The zero-order valence-electron chi connectivity index (χ0n) is 14.9. The molecule has 1 aromatic heterocycles. The molecule has 1 heterocycles. The highest BCUT2D eigenvalue weighted by Crippen LogP contribution is 2.23. The van der Waals surface area contributed by atoms with E-state index in [1.165, 1.54) is 18.3 Å². The van der Waals surface area contributed by atoms with E-state index in [4.69, 9.17) is 25.9 Å². The van der Waals surface area contributed by atoms with Crippen LogP contribution in [0.1, 0.15) is 5.76 Å². The molecule has 0 spiro atoms. The maximum atomic E-state index is 11.7. The fourth-order valence-electron chi connectivity index (χ4n) is 2.27. The van der Waals surface area contributed by atoms with Gasteiger partial charge >= 0.3 is 0 Å². The Morgan fingerprint density at radius 1 is 1.10 bits per heavy atom. The maximum Gasteiger partial charge on any atom is 0.277 e. The number of hydrogen-bond acceptors (Lipinski definition) is 6. The van der Waals surface area contributed by atoms with Crippen LogP contribution < -0.4 is 15.3 Å². The largest absolute Gasteiger partial charge is 0.484 e. The summed E-state index contributed by atoms with van der Waals surface area (Å²) >= 11 is 5.77. The van der Waals surface area contributed by atoms with Gasteiger partial charge in [0, 0.05) is 10.6 Å². The smallest absolute Gasteiger partial charge is 0.277 e. The number of nitrogens with one attached hydrogen (secondary N) is 1. The Hall–Kier alpha value is -3.14. The molecule has 0 unspecified atom stereocenters. The summed E-state index contributed by atoms with van der Waals surface area (Å²) < 4.78 is 33.5. The summed E-state index contributed by atoms with van der Waals surface area (Å²) in [6.07, 6.45) is 1.34. The second-order valence-corrected chi connectivity index (χ2v) is 7.81. The standard InChI is InChI=1S/C19H16ClN3O5S/c20-14-3-5-15(6-4-14)27-12-19(24)23-22-11-16-7-10-18(28-16)13-1-8-17(9-2-13)29(21,25)26/h1-11H,12H2,(H,23,24)(H2,21,25,26)/b22-11-. The van der Waals surface area contributed by atoms with Gasteiger partial charge in [0.2, 0.25) is 10.0 Å². The molecule has 1 amide bonds. The van der Waals surface area contributed by atoms with Crippen molar-refractivity contribution in [3.05, 3.63) is 71.4 Å². The van der Waals surface area contributed by atoms with Crippen LogP contribution in [0, 0.1) is 0 Å². The second-order valence-electron chi connectivity index (χ2n) is 5.81. The third-order valence-corrected chi connectivity index (χ3v) is 4.84. The number of halogens is 1. The van der Waals surface area contributed by atoms with E-state index in [1.54, 1.807) is 48.5 Å². The number of sulfonamides is 1. The van der Waals surface area contributed by atoms with E-state index in [0.717, 1.165) is 0 Å². The topological polar surface area (TPSA) is 124 Å². The molecule has 3 aromatic rings. The summed E-state index contributed by atoms with van der Waals surface area (Å²) in [4.78, 5) is 11.8. The van der Waals surface area contributed by atoms with E-state index in [0.29, 0.717) is 27.9 Å². The molecule has 3 N–H and O–H groups in total. The van der Waals surface area contributed by atoms with Gasteiger partial charge in [-0.05, 0) is 60.7 Å². The first-order chi connectivity index (χ1) is 13.8.